The molecule has 0 unspecified atom stereocenters. The van der Waals surface area contributed by atoms with Gasteiger partial charge in [0.05, 0.1) is 22.7 Å². The van der Waals surface area contributed by atoms with Gasteiger partial charge in [-0.1, -0.05) is 61.3 Å². The topological polar surface area (TPSA) is 38.3 Å². The first-order valence-electron chi connectivity index (χ1n) is 9.16. The largest absolute Gasteiger partial charge is 0.465 e. The molecule has 0 bridgehead atoms. The maximum atomic E-state index is 12.3. The van der Waals surface area contributed by atoms with Gasteiger partial charge in [0.15, 0.2) is 0 Å². The van der Waals surface area contributed by atoms with Gasteiger partial charge in [-0.2, -0.15) is 0 Å². The molecule has 4 heteroatoms. The molecule has 26 heavy (non-hydrogen) atoms. The van der Waals surface area contributed by atoms with Crippen molar-refractivity contribution in [2.45, 2.75) is 46.6 Å². The highest BCUT2D eigenvalue weighted by Crippen LogP contribution is 2.29. The zero-order chi connectivity index (χ0) is 19.0. The van der Waals surface area contributed by atoms with Crippen molar-refractivity contribution in [3.05, 3.63) is 64.7 Å². The predicted molar refractivity (Wildman–Crippen MR) is 109 cm³/mol. The van der Waals surface area contributed by atoms with Gasteiger partial charge in [0, 0.05) is 6.54 Å². The standard InChI is InChI=1S/C22H28ClNO2/c1-4-5-13-26-21(25)22(2,3)15-18-11-12-19(23)20(14-18)24-16-17-9-7-6-8-10-17/h6-12,14,24H,4-5,13,15-16H2,1-3H3. The molecule has 0 aromatic heterocycles. The van der Waals surface area contributed by atoms with E-state index in [2.05, 4.69) is 24.4 Å². The average molecular weight is 374 g/mol. The molecule has 0 aliphatic rings. The van der Waals surface area contributed by atoms with Crippen LogP contribution in [0.1, 0.15) is 44.7 Å². The average Bonchev–Trinajstić information content (AvgIpc) is 2.63. The first kappa shape index (κ1) is 20.3. The van der Waals surface area contributed by atoms with E-state index in [0.29, 0.717) is 24.6 Å². The lowest BCUT2D eigenvalue weighted by Gasteiger charge is -2.23. The summed E-state index contributed by atoms with van der Waals surface area (Å²) in [5.41, 5.74) is 2.55. The maximum Gasteiger partial charge on any atom is 0.311 e. The fourth-order valence-corrected chi connectivity index (χ4v) is 2.88. The summed E-state index contributed by atoms with van der Waals surface area (Å²) in [6, 6.07) is 16.0. The molecule has 2 aromatic carbocycles. The van der Waals surface area contributed by atoms with Crippen LogP contribution in [-0.2, 0) is 22.5 Å². The van der Waals surface area contributed by atoms with E-state index in [1.54, 1.807) is 0 Å². The van der Waals surface area contributed by atoms with Crippen molar-refractivity contribution in [3.63, 3.8) is 0 Å². The van der Waals surface area contributed by atoms with Crippen molar-refractivity contribution >= 4 is 23.3 Å². The van der Waals surface area contributed by atoms with Gasteiger partial charge in [-0.15, -0.1) is 0 Å². The van der Waals surface area contributed by atoms with Crippen LogP contribution in [-0.4, -0.2) is 12.6 Å². The Balaban J connectivity index is 2.02. The maximum absolute atomic E-state index is 12.3. The Morgan fingerprint density at radius 3 is 2.54 bits per heavy atom. The molecule has 2 rings (SSSR count). The number of hydrogen-bond acceptors (Lipinski definition) is 3. The van der Waals surface area contributed by atoms with Gasteiger partial charge in [-0.3, -0.25) is 4.79 Å². The Hall–Kier alpha value is -2.00. The van der Waals surface area contributed by atoms with Crippen molar-refractivity contribution < 1.29 is 9.53 Å². The Kier molecular flexibility index (Phi) is 7.52. The zero-order valence-electron chi connectivity index (χ0n) is 15.8. The van der Waals surface area contributed by atoms with E-state index in [9.17, 15) is 4.79 Å². The van der Waals surface area contributed by atoms with E-state index in [4.69, 9.17) is 16.3 Å². The summed E-state index contributed by atoms with van der Waals surface area (Å²) in [7, 11) is 0. The number of benzene rings is 2. The molecule has 1 N–H and O–H groups in total. The highest BCUT2D eigenvalue weighted by Gasteiger charge is 2.29. The molecule has 0 atom stereocenters. The Labute approximate surface area is 161 Å². The molecule has 0 saturated carbocycles. The lowest BCUT2D eigenvalue weighted by molar-refractivity contribution is -0.154. The van der Waals surface area contributed by atoms with Crippen LogP contribution in [0.4, 0.5) is 5.69 Å². The van der Waals surface area contributed by atoms with E-state index in [1.165, 1.54) is 5.56 Å². The van der Waals surface area contributed by atoms with Crippen molar-refractivity contribution in [2.24, 2.45) is 5.41 Å². The van der Waals surface area contributed by atoms with Gasteiger partial charge in [0.25, 0.3) is 0 Å². The quantitative estimate of drug-likeness (QED) is 0.441. The summed E-state index contributed by atoms with van der Waals surface area (Å²) < 4.78 is 5.40. The van der Waals surface area contributed by atoms with E-state index < -0.39 is 5.41 Å². The third-order valence-electron chi connectivity index (χ3n) is 4.29. The summed E-state index contributed by atoms with van der Waals surface area (Å²) in [5.74, 6) is -0.153. The second-order valence-electron chi connectivity index (χ2n) is 7.20. The number of esters is 1. The number of carbonyl (C=O) groups is 1. The predicted octanol–water partition coefficient (Wildman–Crippen LogP) is 5.86. The minimum atomic E-state index is -0.571. The first-order chi connectivity index (χ1) is 12.4. The van der Waals surface area contributed by atoms with Crippen molar-refractivity contribution in [3.8, 4) is 0 Å². The summed E-state index contributed by atoms with van der Waals surface area (Å²) in [5, 5.41) is 4.05. The Morgan fingerprint density at radius 1 is 1.12 bits per heavy atom. The Morgan fingerprint density at radius 2 is 1.85 bits per heavy atom. The lowest BCUT2D eigenvalue weighted by Crippen LogP contribution is -2.29. The molecule has 0 fully saturated rings. The van der Waals surface area contributed by atoms with Crippen LogP contribution in [0.15, 0.2) is 48.5 Å². The molecule has 0 saturated heterocycles. The number of rotatable bonds is 9. The van der Waals surface area contributed by atoms with Crippen LogP contribution in [0.25, 0.3) is 0 Å². The second-order valence-corrected chi connectivity index (χ2v) is 7.61. The molecule has 3 nitrogen and oxygen atoms in total. The lowest BCUT2D eigenvalue weighted by atomic mass is 9.85. The number of anilines is 1. The molecular weight excluding hydrogens is 346 g/mol. The molecule has 0 heterocycles. The van der Waals surface area contributed by atoms with Crippen LogP contribution in [0.2, 0.25) is 5.02 Å². The fourth-order valence-electron chi connectivity index (χ4n) is 2.70. The molecular formula is C22H28ClNO2. The first-order valence-corrected chi connectivity index (χ1v) is 9.53. The number of halogens is 1. The molecule has 0 aliphatic carbocycles. The number of hydrogen-bond donors (Lipinski definition) is 1. The molecule has 0 aliphatic heterocycles. The van der Waals surface area contributed by atoms with Crippen molar-refractivity contribution in [2.75, 3.05) is 11.9 Å². The minimum absolute atomic E-state index is 0.153. The summed E-state index contributed by atoms with van der Waals surface area (Å²) in [6.07, 6.45) is 2.52. The monoisotopic (exact) mass is 373 g/mol. The third kappa shape index (κ3) is 6.06. The molecule has 140 valence electrons. The summed E-state index contributed by atoms with van der Waals surface area (Å²) in [6.45, 7) is 7.12. The van der Waals surface area contributed by atoms with Crippen LogP contribution in [0, 0.1) is 5.41 Å². The van der Waals surface area contributed by atoms with Gasteiger partial charge in [-0.05, 0) is 49.9 Å². The highest BCUT2D eigenvalue weighted by molar-refractivity contribution is 6.33. The van der Waals surface area contributed by atoms with Crippen molar-refractivity contribution in [1.29, 1.82) is 0 Å². The second kappa shape index (κ2) is 9.63. The molecule has 0 spiro atoms. The van der Waals surface area contributed by atoms with E-state index in [0.717, 1.165) is 24.1 Å². The van der Waals surface area contributed by atoms with Crippen molar-refractivity contribution in [1.82, 2.24) is 0 Å². The summed E-state index contributed by atoms with van der Waals surface area (Å²) >= 11 is 6.33. The number of ether oxygens (including phenoxy) is 1. The molecule has 2 aromatic rings. The normalized spacial score (nSPS) is 11.2. The smallest absolute Gasteiger partial charge is 0.311 e. The minimum Gasteiger partial charge on any atom is -0.465 e. The van der Waals surface area contributed by atoms with Gasteiger partial charge in [0.2, 0.25) is 0 Å². The van der Waals surface area contributed by atoms with E-state index >= 15 is 0 Å². The van der Waals surface area contributed by atoms with Gasteiger partial charge >= 0.3 is 5.97 Å². The zero-order valence-corrected chi connectivity index (χ0v) is 16.6. The van der Waals surface area contributed by atoms with Gasteiger partial charge in [0.1, 0.15) is 0 Å². The number of nitrogens with one attached hydrogen (secondary N) is 1. The van der Waals surface area contributed by atoms with Gasteiger partial charge < -0.3 is 10.1 Å². The molecule has 0 radical (unpaired) electrons. The van der Waals surface area contributed by atoms with Crippen LogP contribution < -0.4 is 5.32 Å². The number of carbonyl (C=O) groups excluding carboxylic acids is 1. The van der Waals surface area contributed by atoms with Crippen LogP contribution in [0.5, 0.6) is 0 Å². The van der Waals surface area contributed by atoms with E-state index in [1.807, 2.05) is 50.2 Å². The third-order valence-corrected chi connectivity index (χ3v) is 4.62. The van der Waals surface area contributed by atoms with Crippen LogP contribution in [0.3, 0.4) is 0 Å². The van der Waals surface area contributed by atoms with Gasteiger partial charge in [-0.25, -0.2) is 0 Å². The number of unbranched alkanes of at least 4 members (excludes halogenated alkanes) is 1. The Bertz CT molecular complexity index is 713. The SMILES string of the molecule is CCCCOC(=O)C(C)(C)Cc1ccc(Cl)c(NCc2ccccc2)c1. The molecule has 0 amide bonds. The van der Waals surface area contributed by atoms with Crippen LogP contribution >= 0.6 is 11.6 Å². The fraction of sp³-hybridized carbons (Fsp3) is 0.409. The summed E-state index contributed by atoms with van der Waals surface area (Å²) in [4.78, 5) is 12.3. The van der Waals surface area contributed by atoms with E-state index in [-0.39, 0.29) is 5.97 Å². The highest BCUT2D eigenvalue weighted by atomic mass is 35.5.